The molecule has 20 heavy (non-hydrogen) atoms. The smallest absolute Gasteiger partial charge is 0.140 e. The van der Waals surface area contributed by atoms with E-state index in [1.54, 1.807) is 6.33 Å². The molecule has 0 amide bonds. The zero-order valence-corrected chi connectivity index (χ0v) is 11.6. The molecule has 2 N–H and O–H groups in total. The first-order valence-corrected chi connectivity index (χ1v) is 7.60. The molecular formula is C16H20N4. The molecule has 104 valence electrons. The monoisotopic (exact) mass is 268 g/mol. The summed E-state index contributed by atoms with van der Waals surface area (Å²) in [5.41, 5.74) is 7.58. The fourth-order valence-corrected chi connectivity index (χ4v) is 3.96. The van der Waals surface area contributed by atoms with Crippen LogP contribution in [0.15, 0.2) is 24.5 Å². The summed E-state index contributed by atoms with van der Waals surface area (Å²) in [5.74, 6) is 1.96. The molecule has 1 aromatic carbocycles. The van der Waals surface area contributed by atoms with Crippen LogP contribution < -0.4 is 10.6 Å². The Kier molecular flexibility index (Phi) is 2.76. The van der Waals surface area contributed by atoms with Crippen molar-refractivity contribution >= 4 is 22.4 Å². The van der Waals surface area contributed by atoms with E-state index in [-0.39, 0.29) is 0 Å². The summed E-state index contributed by atoms with van der Waals surface area (Å²) in [4.78, 5) is 11.5. The number of rotatable bonds is 1. The van der Waals surface area contributed by atoms with Gasteiger partial charge in [-0.2, -0.15) is 0 Å². The van der Waals surface area contributed by atoms with Crippen molar-refractivity contribution in [2.24, 2.45) is 5.92 Å². The van der Waals surface area contributed by atoms with E-state index in [0.717, 1.165) is 34.9 Å². The first-order valence-electron chi connectivity index (χ1n) is 7.60. The highest BCUT2D eigenvalue weighted by Gasteiger charge is 2.36. The van der Waals surface area contributed by atoms with Gasteiger partial charge in [0.1, 0.15) is 12.1 Å². The lowest BCUT2D eigenvalue weighted by Crippen LogP contribution is -2.35. The van der Waals surface area contributed by atoms with Crippen LogP contribution in [-0.4, -0.2) is 22.6 Å². The lowest BCUT2D eigenvalue weighted by molar-refractivity contribution is 0.341. The largest absolute Gasteiger partial charge is 0.399 e. The third-order valence-corrected chi connectivity index (χ3v) is 4.92. The predicted molar refractivity (Wildman–Crippen MR) is 81.7 cm³/mol. The summed E-state index contributed by atoms with van der Waals surface area (Å²) in [6.07, 6.45) is 8.43. The molecule has 2 aromatic rings. The van der Waals surface area contributed by atoms with Crippen molar-refractivity contribution in [2.45, 2.75) is 38.1 Å². The van der Waals surface area contributed by atoms with Crippen LogP contribution in [0.5, 0.6) is 0 Å². The first kappa shape index (κ1) is 11.9. The Morgan fingerprint density at radius 1 is 1.10 bits per heavy atom. The van der Waals surface area contributed by atoms with E-state index in [1.807, 2.05) is 12.1 Å². The summed E-state index contributed by atoms with van der Waals surface area (Å²) in [5, 5.41) is 1.13. The average Bonchev–Trinajstić information content (AvgIpc) is 2.90. The van der Waals surface area contributed by atoms with E-state index in [2.05, 4.69) is 20.9 Å². The van der Waals surface area contributed by atoms with E-state index in [0.29, 0.717) is 6.04 Å². The van der Waals surface area contributed by atoms with Crippen molar-refractivity contribution < 1.29 is 0 Å². The summed E-state index contributed by atoms with van der Waals surface area (Å²) < 4.78 is 0. The Hall–Kier alpha value is -1.84. The van der Waals surface area contributed by atoms with Crippen LogP contribution in [0.1, 0.15) is 32.1 Å². The van der Waals surface area contributed by atoms with Crippen LogP contribution in [0.3, 0.4) is 0 Å². The topological polar surface area (TPSA) is 55.0 Å². The van der Waals surface area contributed by atoms with Gasteiger partial charge in [-0.15, -0.1) is 0 Å². The van der Waals surface area contributed by atoms with Gasteiger partial charge in [-0.3, -0.25) is 0 Å². The van der Waals surface area contributed by atoms with Crippen molar-refractivity contribution in [3.63, 3.8) is 0 Å². The van der Waals surface area contributed by atoms with Gasteiger partial charge in [0.2, 0.25) is 0 Å². The lowest BCUT2D eigenvalue weighted by Gasteiger charge is -2.32. The quantitative estimate of drug-likeness (QED) is 0.808. The molecule has 4 rings (SSSR count). The highest BCUT2D eigenvalue weighted by molar-refractivity contribution is 5.91. The molecule has 4 nitrogen and oxygen atoms in total. The normalized spacial score (nSPS) is 25.9. The summed E-state index contributed by atoms with van der Waals surface area (Å²) in [6, 6.07) is 6.63. The molecule has 1 saturated carbocycles. The number of fused-ring (bicyclic) bond motifs is 2. The molecule has 1 aromatic heterocycles. The van der Waals surface area contributed by atoms with E-state index >= 15 is 0 Å². The fraction of sp³-hybridized carbons (Fsp3) is 0.500. The second-order valence-electron chi connectivity index (χ2n) is 6.07. The molecule has 0 radical (unpaired) electrons. The fourth-order valence-electron chi connectivity index (χ4n) is 3.96. The van der Waals surface area contributed by atoms with Gasteiger partial charge >= 0.3 is 0 Å². The van der Waals surface area contributed by atoms with Crippen molar-refractivity contribution in [3.05, 3.63) is 24.5 Å². The summed E-state index contributed by atoms with van der Waals surface area (Å²) in [7, 11) is 0. The molecule has 2 aliphatic rings. The van der Waals surface area contributed by atoms with Crippen molar-refractivity contribution in [2.75, 3.05) is 17.2 Å². The van der Waals surface area contributed by atoms with Gasteiger partial charge < -0.3 is 10.6 Å². The van der Waals surface area contributed by atoms with Crippen LogP contribution in [0.25, 0.3) is 10.9 Å². The molecule has 2 atom stereocenters. The molecule has 0 spiro atoms. The molecular weight excluding hydrogens is 248 g/mol. The Labute approximate surface area is 119 Å². The van der Waals surface area contributed by atoms with E-state index < -0.39 is 0 Å². The standard InChI is InChI=1S/C16H20N4/c17-12-5-6-13-14(9-12)18-10-19-16(13)20-8-7-11-3-1-2-4-15(11)20/h5-6,9-11,15H,1-4,7-8,17H2. The van der Waals surface area contributed by atoms with E-state index in [9.17, 15) is 0 Å². The predicted octanol–water partition coefficient (Wildman–Crippen LogP) is 2.98. The molecule has 2 unspecified atom stereocenters. The van der Waals surface area contributed by atoms with Gasteiger partial charge in [0.15, 0.2) is 0 Å². The maximum atomic E-state index is 5.86. The molecule has 2 heterocycles. The molecule has 1 aliphatic carbocycles. The number of benzene rings is 1. The van der Waals surface area contributed by atoms with E-state index in [4.69, 9.17) is 5.73 Å². The molecule has 0 bridgehead atoms. The minimum Gasteiger partial charge on any atom is -0.399 e. The SMILES string of the molecule is Nc1ccc2c(N3CCC4CCCCC43)ncnc2c1. The zero-order chi connectivity index (χ0) is 13.5. The molecule has 2 fully saturated rings. The average molecular weight is 268 g/mol. The Morgan fingerprint density at radius 3 is 2.95 bits per heavy atom. The maximum Gasteiger partial charge on any atom is 0.140 e. The first-order chi connectivity index (χ1) is 9.83. The van der Waals surface area contributed by atoms with Gasteiger partial charge in [-0.25, -0.2) is 9.97 Å². The number of aromatic nitrogens is 2. The van der Waals surface area contributed by atoms with Crippen LogP contribution >= 0.6 is 0 Å². The maximum absolute atomic E-state index is 5.86. The van der Waals surface area contributed by atoms with Crippen LogP contribution in [-0.2, 0) is 0 Å². The van der Waals surface area contributed by atoms with Gasteiger partial charge in [0, 0.05) is 23.7 Å². The summed E-state index contributed by atoms with van der Waals surface area (Å²) >= 11 is 0. The van der Waals surface area contributed by atoms with Crippen molar-refractivity contribution in [1.82, 2.24) is 9.97 Å². The number of nitrogens with two attached hydrogens (primary N) is 1. The third-order valence-electron chi connectivity index (χ3n) is 4.92. The van der Waals surface area contributed by atoms with Gasteiger partial charge in [0.25, 0.3) is 0 Å². The zero-order valence-electron chi connectivity index (χ0n) is 11.6. The van der Waals surface area contributed by atoms with Crippen LogP contribution in [0.4, 0.5) is 11.5 Å². The molecule has 1 saturated heterocycles. The number of hydrogen-bond acceptors (Lipinski definition) is 4. The van der Waals surface area contributed by atoms with E-state index in [1.165, 1.54) is 32.1 Å². The van der Waals surface area contributed by atoms with Gasteiger partial charge in [-0.1, -0.05) is 12.8 Å². The second kappa shape index (κ2) is 4.62. The summed E-state index contributed by atoms with van der Waals surface area (Å²) in [6.45, 7) is 1.13. The number of anilines is 2. The highest BCUT2D eigenvalue weighted by atomic mass is 15.2. The number of nitrogens with zero attached hydrogens (tertiary/aromatic N) is 3. The van der Waals surface area contributed by atoms with Crippen LogP contribution in [0.2, 0.25) is 0 Å². The Bertz CT molecular complexity index is 639. The Morgan fingerprint density at radius 2 is 2.00 bits per heavy atom. The Balaban J connectivity index is 1.78. The van der Waals surface area contributed by atoms with Crippen molar-refractivity contribution in [3.8, 4) is 0 Å². The number of nitrogen functional groups attached to an aromatic ring is 1. The van der Waals surface area contributed by atoms with Gasteiger partial charge in [-0.05, 0) is 43.4 Å². The minimum absolute atomic E-state index is 0.680. The van der Waals surface area contributed by atoms with Crippen molar-refractivity contribution in [1.29, 1.82) is 0 Å². The molecule has 1 aliphatic heterocycles. The highest BCUT2D eigenvalue weighted by Crippen LogP contribution is 2.39. The number of hydrogen-bond donors (Lipinski definition) is 1. The van der Waals surface area contributed by atoms with Crippen LogP contribution in [0, 0.1) is 5.92 Å². The molecule has 4 heteroatoms. The minimum atomic E-state index is 0.680. The third kappa shape index (κ3) is 1.82. The van der Waals surface area contributed by atoms with Gasteiger partial charge in [0.05, 0.1) is 5.52 Å². The second-order valence-corrected chi connectivity index (χ2v) is 6.07. The lowest BCUT2D eigenvalue weighted by atomic mass is 9.85.